The Morgan fingerprint density at radius 1 is 1.00 bits per heavy atom. The van der Waals surface area contributed by atoms with E-state index in [1.165, 1.54) is 0 Å². The predicted octanol–water partition coefficient (Wildman–Crippen LogP) is 3.16. The van der Waals surface area contributed by atoms with Crippen molar-refractivity contribution in [3.05, 3.63) is 65.9 Å². The zero-order valence-corrected chi connectivity index (χ0v) is 14.6. The number of fused-ring (bicyclic) bond motifs is 1. The SMILES string of the molecule is Nc1nc(C2CCN(C(=O)Cc3ccccc3)CC2)c2ccccc2n1. The molecule has 5 heteroatoms. The van der Waals surface area contributed by atoms with Gasteiger partial charge in [-0.2, -0.15) is 0 Å². The smallest absolute Gasteiger partial charge is 0.226 e. The fourth-order valence-electron chi connectivity index (χ4n) is 3.72. The van der Waals surface area contributed by atoms with Crippen molar-refractivity contribution in [1.82, 2.24) is 14.9 Å². The highest BCUT2D eigenvalue weighted by atomic mass is 16.2. The quantitative estimate of drug-likeness (QED) is 0.791. The summed E-state index contributed by atoms with van der Waals surface area (Å²) >= 11 is 0. The fraction of sp³-hybridized carbons (Fsp3) is 0.286. The Kier molecular flexibility index (Phi) is 4.52. The maximum Gasteiger partial charge on any atom is 0.226 e. The van der Waals surface area contributed by atoms with Crippen LogP contribution in [0.1, 0.15) is 30.0 Å². The maximum atomic E-state index is 12.6. The topological polar surface area (TPSA) is 72.1 Å². The summed E-state index contributed by atoms with van der Waals surface area (Å²) in [6.07, 6.45) is 2.27. The van der Waals surface area contributed by atoms with Crippen molar-refractivity contribution in [3.8, 4) is 0 Å². The molecule has 26 heavy (non-hydrogen) atoms. The predicted molar refractivity (Wildman–Crippen MR) is 103 cm³/mol. The van der Waals surface area contributed by atoms with Gasteiger partial charge in [-0.05, 0) is 24.5 Å². The number of piperidine rings is 1. The molecule has 1 aliphatic rings. The third-order valence-corrected chi connectivity index (χ3v) is 5.08. The summed E-state index contributed by atoms with van der Waals surface area (Å²) in [4.78, 5) is 23.4. The van der Waals surface area contributed by atoms with Gasteiger partial charge in [0.25, 0.3) is 0 Å². The van der Waals surface area contributed by atoms with Gasteiger partial charge < -0.3 is 10.6 Å². The molecule has 0 radical (unpaired) electrons. The Bertz CT molecular complexity index is 918. The van der Waals surface area contributed by atoms with E-state index in [1.54, 1.807) is 0 Å². The van der Waals surface area contributed by atoms with Crippen molar-refractivity contribution in [1.29, 1.82) is 0 Å². The molecule has 0 atom stereocenters. The summed E-state index contributed by atoms with van der Waals surface area (Å²) in [5.41, 5.74) is 8.87. The lowest BCUT2D eigenvalue weighted by Gasteiger charge is -2.32. The number of hydrogen-bond acceptors (Lipinski definition) is 4. The summed E-state index contributed by atoms with van der Waals surface area (Å²) in [5.74, 6) is 0.828. The van der Waals surface area contributed by atoms with Crippen LogP contribution in [-0.2, 0) is 11.2 Å². The molecule has 0 spiro atoms. The van der Waals surface area contributed by atoms with Gasteiger partial charge in [-0.1, -0.05) is 48.5 Å². The first kappa shape index (κ1) is 16.5. The molecule has 1 fully saturated rings. The van der Waals surface area contributed by atoms with E-state index in [9.17, 15) is 4.79 Å². The van der Waals surface area contributed by atoms with Crippen LogP contribution in [0, 0.1) is 0 Å². The minimum atomic E-state index is 0.196. The zero-order valence-electron chi connectivity index (χ0n) is 14.6. The number of hydrogen-bond donors (Lipinski definition) is 1. The highest BCUT2D eigenvalue weighted by Gasteiger charge is 2.26. The minimum absolute atomic E-state index is 0.196. The number of anilines is 1. The second-order valence-electron chi connectivity index (χ2n) is 6.80. The van der Waals surface area contributed by atoms with Gasteiger partial charge in [0.15, 0.2) is 0 Å². The van der Waals surface area contributed by atoms with E-state index in [0.29, 0.717) is 18.3 Å². The molecule has 0 aliphatic carbocycles. The molecule has 0 unspecified atom stereocenters. The molecule has 4 rings (SSSR count). The van der Waals surface area contributed by atoms with E-state index in [1.807, 2.05) is 53.4 Å². The van der Waals surface area contributed by atoms with Gasteiger partial charge in [-0.15, -0.1) is 0 Å². The van der Waals surface area contributed by atoms with Crippen LogP contribution in [0.3, 0.4) is 0 Å². The number of benzene rings is 2. The molecule has 2 N–H and O–H groups in total. The van der Waals surface area contributed by atoms with E-state index in [2.05, 4.69) is 16.0 Å². The molecule has 3 aromatic rings. The first-order valence-corrected chi connectivity index (χ1v) is 9.04. The van der Waals surface area contributed by atoms with Crippen LogP contribution in [0.15, 0.2) is 54.6 Å². The molecule has 2 heterocycles. The molecular formula is C21H22N4O. The third-order valence-electron chi connectivity index (χ3n) is 5.08. The Hall–Kier alpha value is -2.95. The lowest BCUT2D eigenvalue weighted by atomic mass is 9.90. The van der Waals surface area contributed by atoms with Crippen LogP contribution in [0.5, 0.6) is 0 Å². The van der Waals surface area contributed by atoms with Gasteiger partial charge in [0, 0.05) is 24.4 Å². The van der Waals surface area contributed by atoms with Crippen LogP contribution in [0.2, 0.25) is 0 Å². The van der Waals surface area contributed by atoms with Crippen LogP contribution >= 0.6 is 0 Å². The van der Waals surface area contributed by atoms with Gasteiger partial charge >= 0.3 is 0 Å². The van der Waals surface area contributed by atoms with Crippen molar-refractivity contribution in [2.24, 2.45) is 0 Å². The summed E-state index contributed by atoms with van der Waals surface area (Å²) in [6.45, 7) is 1.52. The van der Waals surface area contributed by atoms with Crippen LogP contribution < -0.4 is 5.73 Å². The first-order valence-electron chi connectivity index (χ1n) is 9.04. The lowest BCUT2D eigenvalue weighted by molar-refractivity contribution is -0.131. The number of aromatic nitrogens is 2. The van der Waals surface area contributed by atoms with E-state index in [4.69, 9.17) is 5.73 Å². The molecule has 5 nitrogen and oxygen atoms in total. The fourth-order valence-corrected chi connectivity index (χ4v) is 3.72. The van der Waals surface area contributed by atoms with Crippen LogP contribution in [-0.4, -0.2) is 33.9 Å². The number of carbonyl (C=O) groups is 1. The standard InChI is InChI=1S/C21H22N4O/c22-21-23-18-9-5-4-8-17(18)20(24-21)16-10-12-25(13-11-16)19(26)14-15-6-2-1-3-7-15/h1-9,16H,10-14H2,(H2,22,23,24). The largest absolute Gasteiger partial charge is 0.368 e. The van der Waals surface area contributed by atoms with E-state index in [-0.39, 0.29) is 5.91 Å². The van der Waals surface area contributed by atoms with Gasteiger partial charge in [-0.3, -0.25) is 4.79 Å². The Balaban J connectivity index is 1.46. The number of rotatable bonds is 3. The lowest BCUT2D eigenvalue weighted by Crippen LogP contribution is -2.39. The van der Waals surface area contributed by atoms with Gasteiger partial charge in [0.2, 0.25) is 11.9 Å². The summed E-state index contributed by atoms with van der Waals surface area (Å²) in [7, 11) is 0. The monoisotopic (exact) mass is 346 g/mol. The summed E-state index contributed by atoms with van der Waals surface area (Å²) in [6, 6.07) is 17.9. The second-order valence-corrected chi connectivity index (χ2v) is 6.80. The van der Waals surface area contributed by atoms with Crippen molar-refractivity contribution < 1.29 is 4.79 Å². The van der Waals surface area contributed by atoms with Crippen molar-refractivity contribution in [2.75, 3.05) is 18.8 Å². The van der Waals surface area contributed by atoms with Crippen LogP contribution in [0.25, 0.3) is 10.9 Å². The average Bonchev–Trinajstić information content (AvgIpc) is 2.68. The maximum absolute atomic E-state index is 12.6. The van der Waals surface area contributed by atoms with E-state index in [0.717, 1.165) is 48.1 Å². The Labute approximate surface area is 152 Å². The molecule has 0 saturated carbocycles. The number of nitrogens with zero attached hydrogens (tertiary/aromatic N) is 3. The minimum Gasteiger partial charge on any atom is -0.368 e. The first-order chi connectivity index (χ1) is 12.7. The average molecular weight is 346 g/mol. The molecule has 132 valence electrons. The van der Waals surface area contributed by atoms with E-state index < -0.39 is 0 Å². The van der Waals surface area contributed by atoms with Crippen molar-refractivity contribution in [3.63, 3.8) is 0 Å². The Morgan fingerprint density at radius 2 is 1.69 bits per heavy atom. The van der Waals surface area contributed by atoms with Gasteiger partial charge in [0.1, 0.15) is 0 Å². The zero-order chi connectivity index (χ0) is 17.9. The number of para-hydroxylation sites is 1. The molecule has 1 amide bonds. The highest BCUT2D eigenvalue weighted by Crippen LogP contribution is 2.31. The number of nitrogens with two attached hydrogens (primary N) is 1. The Morgan fingerprint density at radius 3 is 2.46 bits per heavy atom. The molecule has 0 bridgehead atoms. The van der Waals surface area contributed by atoms with Crippen LogP contribution in [0.4, 0.5) is 5.95 Å². The number of amides is 1. The number of nitrogen functional groups attached to an aromatic ring is 1. The molecule has 1 aromatic heterocycles. The summed E-state index contributed by atoms with van der Waals surface area (Å²) < 4.78 is 0. The second kappa shape index (κ2) is 7.12. The van der Waals surface area contributed by atoms with Gasteiger partial charge in [0.05, 0.1) is 17.6 Å². The molecule has 2 aromatic carbocycles. The van der Waals surface area contributed by atoms with Crippen molar-refractivity contribution in [2.45, 2.75) is 25.2 Å². The summed E-state index contributed by atoms with van der Waals surface area (Å²) in [5, 5.41) is 1.07. The molecular weight excluding hydrogens is 324 g/mol. The van der Waals surface area contributed by atoms with E-state index >= 15 is 0 Å². The third kappa shape index (κ3) is 3.38. The van der Waals surface area contributed by atoms with Gasteiger partial charge in [-0.25, -0.2) is 9.97 Å². The normalized spacial score (nSPS) is 15.3. The molecule has 1 saturated heterocycles. The highest BCUT2D eigenvalue weighted by molar-refractivity contribution is 5.82. The molecule has 1 aliphatic heterocycles. The number of likely N-dealkylation sites (tertiary alicyclic amines) is 1. The number of carbonyl (C=O) groups excluding carboxylic acids is 1. The van der Waals surface area contributed by atoms with Crippen molar-refractivity contribution >= 4 is 22.8 Å².